The molecule has 0 spiro atoms. The van der Waals surface area contributed by atoms with Gasteiger partial charge in [0.15, 0.2) is 5.82 Å². The molecule has 1 N–H and O–H groups in total. The Labute approximate surface area is 141 Å². The van der Waals surface area contributed by atoms with Crippen molar-refractivity contribution in [1.82, 2.24) is 14.9 Å². The fourth-order valence-electron chi connectivity index (χ4n) is 2.55. The summed E-state index contributed by atoms with van der Waals surface area (Å²) < 4.78 is 5.32. The van der Waals surface area contributed by atoms with Gasteiger partial charge in [-0.2, -0.15) is 0 Å². The first-order valence-corrected chi connectivity index (χ1v) is 8.33. The number of benzene rings is 1. The predicted molar refractivity (Wildman–Crippen MR) is 93.0 cm³/mol. The summed E-state index contributed by atoms with van der Waals surface area (Å²) in [7, 11) is 0. The number of carbonyl (C=O) groups is 1. The normalized spacial score (nSPS) is 14.5. The molecule has 0 aliphatic carbocycles. The number of morpholine rings is 1. The molecule has 2 heterocycles. The van der Waals surface area contributed by atoms with Gasteiger partial charge < -0.3 is 15.0 Å². The van der Waals surface area contributed by atoms with Crippen LogP contribution in [0.3, 0.4) is 0 Å². The van der Waals surface area contributed by atoms with Crippen LogP contribution in [0.25, 0.3) is 11.4 Å². The van der Waals surface area contributed by atoms with Gasteiger partial charge in [0.05, 0.1) is 13.2 Å². The quantitative estimate of drug-likeness (QED) is 0.914. The second kappa shape index (κ2) is 7.88. The van der Waals surface area contributed by atoms with E-state index in [1.54, 1.807) is 11.0 Å². The lowest BCUT2D eigenvalue weighted by Crippen LogP contribution is -2.41. The highest BCUT2D eigenvalue weighted by Gasteiger charge is 2.21. The van der Waals surface area contributed by atoms with Crippen LogP contribution in [-0.4, -0.2) is 53.6 Å². The molecule has 1 aromatic heterocycles. The Morgan fingerprint density at radius 3 is 2.67 bits per heavy atom. The minimum absolute atomic E-state index is 0.0718. The van der Waals surface area contributed by atoms with Gasteiger partial charge in [0.25, 0.3) is 5.91 Å². The fourth-order valence-corrected chi connectivity index (χ4v) is 2.55. The minimum Gasteiger partial charge on any atom is -0.378 e. The van der Waals surface area contributed by atoms with E-state index in [1.807, 2.05) is 30.3 Å². The van der Waals surface area contributed by atoms with Gasteiger partial charge in [-0.05, 0) is 6.42 Å². The van der Waals surface area contributed by atoms with Crippen LogP contribution in [0.5, 0.6) is 0 Å². The molecule has 0 atom stereocenters. The predicted octanol–water partition coefficient (Wildman–Crippen LogP) is 2.44. The second-order valence-corrected chi connectivity index (χ2v) is 5.66. The van der Waals surface area contributed by atoms with E-state index in [2.05, 4.69) is 22.2 Å². The van der Waals surface area contributed by atoms with Crippen molar-refractivity contribution in [3.8, 4) is 11.4 Å². The summed E-state index contributed by atoms with van der Waals surface area (Å²) in [4.78, 5) is 23.6. The van der Waals surface area contributed by atoms with Crippen molar-refractivity contribution in [1.29, 1.82) is 0 Å². The van der Waals surface area contributed by atoms with Gasteiger partial charge in [-0.15, -0.1) is 0 Å². The van der Waals surface area contributed by atoms with Crippen molar-refractivity contribution in [2.24, 2.45) is 0 Å². The molecule has 1 fully saturated rings. The molecule has 1 aliphatic rings. The number of nitrogens with one attached hydrogen (secondary N) is 1. The number of anilines is 1. The number of hydrogen-bond donors (Lipinski definition) is 1. The summed E-state index contributed by atoms with van der Waals surface area (Å²) in [6, 6.07) is 11.5. The minimum atomic E-state index is -0.0718. The Morgan fingerprint density at radius 1 is 1.21 bits per heavy atom. The molecule has 0 unspecified atom stereocenters. The number of hydrogen-bond acceptors (Lipinski definition) is 5. The number of nitrogens with zero attached hydrogens (tertiary/aromatic N) is 3. The number of ether oxygens (including phenoxy) is 1. The van der Waals surface area contributed by atoms with E-state index in [4.69, 9.17) is 4.74 Å². The van der Waals surface area contributed by atoms with Gasteiger partial charge in [0, 0.05) is 31.3 Å². The molecule has 126 valence electrons. The molecular weight excluding hydrogens is 304 g/mol. The highest BCUT2D eigenvalue weighted by Crippen LogP contribution is 2.19. The van der Waals surface area contributed by atoms with Crippen LogP contribution in [0.4, 0.5) is 5.82 Å². The van der Waals surface area contributed by atoms with E-state index in [9.17, 15) is 4.79 Å². The Morgan fingerprint density at radius 2 is 1.96 bits per heavy atom. The van der Waals surface area contributed by atoms with Gasteiger partial charge >= 0.3 is 0 Å². The zero-order valence-corrected chi connectivity index (χ0v) is 13.9. The molecule has 6 heteroatoms. The zero-order chi connectivity index (χ0) is 16.8. The van der Waals surface area contributed by atoms with Crippen molar-refractivity contribution in [3.05, 3.63) is 42.1 Å². The molecule has 1 aliphatic heterocycles. The van der Waals surface area contributed by atoms with E-state index in [1.165, 1.54) is 0 Å². The summed E-state index contributed by atoms with van der Waals surface area (Å²) >= 11 is 0. The average Bonchev–Trinajstić information content (AvgIpc) is 2.67. The Hall–Kier alpha value is -2.47. The molecule has 1 amide bonds. The standard InChI is InChI=1S/C18H22N4O2/c1-2-8-19-16-13-15(18(23)22-9-11-24-12-10-22)20-17(21-16)14-6-4-3-5-7-14/h3-7,13H,2,8-12H2,1H3,(H,19,20,21). The first-order chi connectivity index (χ1) is 11.8. The molecule has 0 bridgehead atoms. The molecule has 3 rings (SSSR count). The van der Waals surface area contributed by atoms with Crippen LogP contribution in [0, 0.1) is 0 Å². The van der Waals surface area contributed by atoms with E-state index in [0.717, 1.165) is 18.5 Å². The summed E-state index contributed by atoms with van der Waals surface area (Å²) in [5.41, 5.74) is 1.32. The summed E-state index contributed by atoms with van der Waals surface area (Å²) in [6.45, 7) is 5.23. The summed E-state index contributed by atoms with van der Waals surface area (Å²) in [6.07, 6.45) is 0.984. The van der Waals surface area contributed by atoms with E-state index in [0.29, 0.717) is 43.6 Å². The average molecular weight is 326 g/mol. The molecule has 24 heavy (non-hydrogen) atoms. The Kier molecular flexibility index (Phi) is 5.38. The summed E-state index contributed by atoms with van der Waals surface area (Å²) in [5.74, 6) is 1.17. The van der Waals surface area contributed by atoms with Crippen LogP contribution >= 0.6 is 0 Å². The number of aromatic nitrogens is 2. The van der Waals surface area contributed by atoms with Crippen molar-refractivity contribution >= 4 is 11.7 Å². The monoisotopic (exact) mass is 326 g/mol. The van der Waals surface area contributed by atoms with Crippen molar-refractivity contribution in [2.45, 2.75) is 13.3 Å². The first-order valence-electron chi connectivity index (χ1n) is 8.33. The topological polar surface area (TPSA) is 67.4 Å². The molecule has 0 saturated carbocycles. The number of rotatable bonds is 5. The molecule has 2 aromatic rings. The molecule has 0 radical (unpaired) electrons. The smallest absolute Gasteiger partial charge is 0.272 e. The molecule has 1 saturated heterocycles. The van der Waals surface area contributed by atoms with Gasteiger partial charge in [-0.3, -0.25) is 4.79 Å². The Bertz CT molecular complexity index is 685. The van der Waals surface area contributed by atoms with Crippen LogP contribution in [0.2, 0.25) is 0 Å². The lowest BCUT2D eigenvalue weighted by molar-refractivity contribution is 0.0299. The molecule has 1 aromatic carbocycles. The Balaban J connectivity index is 1.93. The van der Waals surface area contributed by atoms with Crippen molar-refractivity contribution in [2.75, 3.05) is 38.2 Å². The van der Waals surface area contributed by atoms with E-state index < -0.39 is 0 Å². The fraction of sp³-hybridized carbons (Fsp3) is 0.389. The third kappa shape index (κ3) is 3.89. The highest BCUT2D eigenvalue weighted by molar-refractivity contribution is 5.93. The van der Waals surface area contributed by atoms with Crippen molar-refractivity contribution < 1.29 is 9.53 Å². The maximum atomic E-state index is 12.8. The molecular formula is C18H22N4O2. The highest BCUT2D eigenvalue weighted by atomic mass is 16.5. The lowest BCUT2D eigenvalue weighted by Gasteiger charge is -2.26. The van der Waals surface area contributed by atoms with Gasteiger partial charge in [-0.1, -0.05) is 37.3 Å². The van der Waals surface area contributed by atoms with Crippen LogP contribution in [0.15, 0.2) is 36.4 Å². The third-order valence-corrected chi connectivity index (χ3v) is 3.83. The van der Waals surface area contributed by atoms with Gasteiger partial charge in [-0.25, -0.2) is 9.97 Å². The molecule has 6 nitrogen and oxygen atoms in total. The van der Waals surface area contributed by atoms with Crippen LogP contribution < -0.4 is 5.32 Å². The summed E-state index contributed by atoms with van der Waals surface area (Å²) in [5, 5.41) is 3.26. The van der Waals surface area contributed by atoms with E-state index in [-0.39, 0.29) is 5.91 Å². The number of carbonyl (C=O) groups excluding carboxylic acids is 1. The van der Waals surface area contributed by atoms with Gasteiger partial charge in [0.1, 0.15) is 11.5 Å². The van der Waals surface area contributed by atoms with E-state index >= 15 is 0 Å². The van der Waals surface area contributed by atoms with Crippen molar-refractivity contribution in [3.63, 3.8) is 0 Å². The SMILES string of the molecule is CCCNc1cc(C(=O)N2CCOCC2)nc(-c2ccccc2)n1. The lowest BCUT2D eigenvalue weighted by atomic mass is 10.2. The van der Waals surface area contributed by atoms with Gasteiger partial charge in [0.2, 0.25) is 0 Å². The second-order valence-electron chi connectivity index (χ2n) is 5.66. The largest absolute Gasteiger partial charge is 0.378 e. The van der Waals surface area contributed by atoms with Crippen LogP contribution in [-0.2, 0) is 4.74 Å². The first kappa shape index (κ1) is 16.4. The zero-order valence-electron chi connectivity index (χ0n) is 13.9. The third-order valence-electron chi connectivity index (χ3n) is 3.83. The maximum Gasteiger partial charge on any atom is 0.272 e. The number of amides is 1. The van der Waals surface area contributed by atoms with Crippen LogP contribution in [0.1, 0.15) is 23.8 Å². The maximum absolute atomic E-state index is 12.8.